The third kappa shape index (κ3) is 4.17. The van der Waals surface area contributed by atoms with Gasteiger partial charge in [-0.15, -0.1) is 0 Å². The third-order valence-electron chi connectivity index (χ3n) is 4.89. The van der Waals surface area contributed by atoms with Gasteiger partial charge in [-0.1, -0.05) is 25.3 Å². The minimum Gasteiger partial charge on any atom is -0.378 e. The van der Waals surface area contributed by atoms with E-state index in [1.807, 2.05) is 31.1 Å². The van der Waals surface area contributed by atoms with Gasteiger partial charge in [0.1, 0.15) is 0 Å². The van der Waals surface area contributed by atoms with E-state index in [0.717, 1.165) is 31.4 Å². The fourth-order valence-electron chi connectivity index (χ4n) is 3.34. The molecule has 3 rings (SSSR count). The van der Waals surface area contributed by atoms with E-state index in [0.29, 0.717) is 10.9 Å². The summed E-state index contributed by atoms with van der Waals surface area (Å²) in [5.74, 6) is -1.22. The zero-order valence-corrected chi connectivity index (χ0v) is 16.3. The molecule has 1 N–H and O–H groups in total. The van der Waals surface area contributed by atoms with Crippen molar-refractivity contribution in [2.24, 2.45) is 0 Å². The summed E-state index contributed by atoms with van der Waals surface area (Å²) in [7, 11) is 0.406. The van der Waals surface area contributed by atoms with Crippen molar-refractivity contribution < 1.29 is 14.2 Å². The highest BCUT2D eigenvalue weighted by Crippen LogP contribution is 2.59. The predicted octanol–water partition coefficient (Wildman–Crippen LogP) is 4.09. The van der Waals surface area contributed by atoms with E-state index in [4.69, 9.17) is 4.52 Å². The lowest BCUT2D eigenvalue weighted by molar-refractivity contribution is 0.137. The number of hydrogen-bond acceptors (Lipinski definition) is 5. The molecule has 1 aliphatic rings. The lowest BCUT2D eigenvalue weighted by Gasteiger charge is -2.31. The van der Waals surface area contributed by atoms with Crippen molar-refractivity contribution in [1.82, 2.24) is 4.98 Å². The third-order valence-corrected chi connectivity index (χ3v) is 7.46. The molecule has 0 amide bonds. The minimum atomic E-state index is -3.51. The van der Waals surface area contributed by atoms with Crippen LogP contribution in [0.5, 0.6) is 0 Å². The second-order valence-corrected chi connectivity index (χ2v) is 9.44. The van der Waals surface area contributed by atoms with Crippen molar-refractivity contribution in [1.29, 1.82) is 0 Å². The van der Waals surface area contributed by atoms with Gasteiger partial charge < -0.3 is 14.5 Å². The zero-order chi connectivity index (χ0) is 18.6. The molecule has 2 aromatic rings. The molecule has 1 aliphatic carbocycles. The van der Waals surface area contributed by atoms with Gasteiger partial charge in [0, 0.05) is 43.0 Å². The smallest absolute Gasteiger partial charge is 0.264 e. The van der Waals surface area contributed by atoms with E-state index in [-0.39, 0.29) is 6.10 Å². The van der Waals surface area contributed by atoms with Gasteiger partial charge in [-0.05, 0) is 43.2 Å². The molecule has 1 saturated carbocycles. The highest BCUT2D eigenvalue weighted by molar-refractivity contribution is 7.67. The Balaban J connectivity index is 1.96. The molecule has 0 spiro atoms. The lowest BCUT2D eigenvalue weighted by Crippen LogP contribution is -2.22. The van der Waals surface area contributed by atoms with Gasteiger partial charge in [0.15, 0.2) is 5.85 Å². The molecular weight excluding hydrogens is 347 g/mol. The zero-order valence-electron chi connectivity index (χ0n) is 15.4. The van der Waals surface area contributed by atoms with Crippen molar-refractivity contribution in [3.05, 3.63) is 54.4 Å². The normalized spacial score (nSPS) is 18.9. The van der Waals surface area contributed by atoms with Crippen molar-refractivity contribution >= 4 is 18.4 Å². The van der Waals surface area contributed by atoms with Crippen molar-refractivity contribution in [3.8, 4) is 0 Å². The first-order valence-corrected chi connectivity index (χ1v) is 10.8. The van der Waals surface area contributed by atoms with Crippen LogP contribution in [0.2, 0.25) is 0 Å². The molecule has 1 aromatic heterocycles. The first-order chi connectivity index (χ1) is 12.5. The summed E-state index contributed by atoms with van der Waals surface area (Å²) in [6.45, 7) is 0. The van der Waals surface area contributed by atoms with Gasteiger partial charge in [-0.2, -0.15) is 0 Å². The number of nitrogens with zero attached hydrogens (tertiary/aromatic N) is 2. The van der Waals surface area contributed by atoms with Gasteiger partial charge in [0.25, 0.3) is 7.37 Å². The molecule has 0 bridgehead atoms. The van der Waals surface area contributed by atoms with Crippen LogP contribution in [0.1, 0.15) is 43.5 Å². The SMILES string of the molecule is CN(C)c1ccc([P@@](=O)(OC2CCCCC2)[C@@H](O)c2cccnc2)cc1. The monoisotopic (exact) mass is 374 g/mol. The molecule has 140 valence electrons. The average molecular weight is 374 g/mol. The Kier molecular flexibility index (Phi) is 6.13. The second-order valence-electron chi connectivity index (χ2n) is 7.03. The van der Waals surface area contributed by atoms with Gasteiger partial charge >= 0.3 is 0 Å². The number of rotatable bonds is 6. The van der Waals surface area contributed by atoms with Crippen LogP contribution in [0.15, 0.2) is 48.8 Å². The maximum Gasteiger partial charge on any atom is 0.264 e. The Morgan fingerprint density at radius 2 is 1.85 bits per heavy atom. The van der Waals surface area contributed by atoms with Gasteiger partial charge in [0.05, 0.1) is 6.10 Å². The number of pyridine rings is 1. The number of aliphatic hydroxyl groups is 1. The second kappa shape index (κ2) is 8.34. The van der Waals surface area contributed by atoms with E-state index >= 15 is 0 Å². The van der Waals surface area contributed by atoms with Gasteiger partial charge in [-0.25, -0.2) is 0 Å². The maximum absolute atomic E-state index is 14.0. The van der Waals surface area contributed by atoms with E-state index in [9.17, 15) is 9.67 Å². The summed E-state index contributed by atoms with van der Waals surface area (Å²) in [6, 6.07) is 10.9. The van der Waals surface area contributed by atoms with Crippen LogP contribution in [0.25, 0.3) is 0 Å². The Morgan fingerprint density at radius 3 is 2.42 bits per heavy atom. The van der Waals surface area contributed by atoms with E-state index in [1.54, 1.807) is 36.7 Å². The molecule has 1 aromatic carbocycles. The molecule has 26 heavy (non-hydrogen) atoms. The van der Waals surface area contributed by atoms with Crippen molar-refractivity contribution in [2.75, 3.05) is 19.0 Å². The molecule has 0 radical (unpaired) electrons. The van der Waals surface area contributed by atoms with Gasteiger partial charge in [0.2, 0.25) is 0 Å². The van der Waals surface area contributed by atoms with Gasteiger partial charge in [-0.3, -0.25) is 9.55 Å². The minimum absolute atomic E-state index is 0.0746. The molecule has 5 nitrogen and oxygen atoms in total. The highest BCUT2D eigenvalue weighted by atomic mass is 31.2. The molecular formula is C20H27N2O3P. The van der Waals surface area contributed by atoms with Crippen LogP contribution in [0.4, 0.5) is 5.69 Å². The molecule has 0 unspecified atom stereocenters. The lowest BCUT2D eigenvalue weighted by atomic mass is 9.98. The largest absolute Gasteiger partial charge is 0.378 e. The average Bonchev–Trinajstić information content (AvgIpc) is 2.69. The summed E-state index contributed by atoms with van der Waals surface area (Å²) in [6.07, 6.45) is 8.23. The van der Waals surface area contributed by atoms with Crippen LogP contribution in [0.3, 0.4) is 0 Å². The van der Waals surface area contributed by atoms with Crippen LogP contribution in [-0.2, 0) is 9.09 Å². The fourth-order valence-corrected chi connectivity index (χ4v) is 5.62. The molecule has 1 heterocycles. The Morgan fingerprint density at radius 1 is 1.15 bits per heavy atom. The summed E-state index contributed by atoms with van der Waals surface area (Å²) in [4.78, 5) is 6.03. The number of anilines is 1. The van der Waals surface area contributed by atoms with Crippen molar-refractivity contribution in [3.63, 3.8) is 0 Å². The van der Waals surface area contributed by atoms with E-state index < -0.39 is 13.2 Å². The van der Waals surface area contributed by atoms with Crippen LogP contribution in [0, 0.1) is 0 Å². The molecule has 6 heteroatoms. The molecule has 2 atom stereocenters. The van der Waals surface area contributed by atoms with E-state index in [2.05, 4.69) is 4.98 Å². The van der Waals surface area contributed by atoms with Crippen LogP contribution < -0.4 is 10.2 Å². The number of benzene rings is 1. The number of aliphatic hydroxyl groups excluding tert-OH is 1. The maximum atomic E-state index is 14.0. The fraction of sp³-hybridized carbons (Fsp3) is 0.450. The Hall–Kier alpha value is -1.68. The molecule has 0 saturated heterocycles. The quantitative estimate of drug-likeness (QED) is 0.772. The summed E-state index contributed by atoms with van der Waals surface area (Å²) in [5.41, 5.74) is 1.53. The summed E-state index contributed by atoms with van der Waals surface area (Å²) < 4.78 is 20.1. The predicted molar refractivity (Wildman–Crippen MR) is 105 cm³/mol. The topological polar surface area (TPSA) is 62.7 Å². The Bertz CT molecular complexity index is 743. The highest BCUT2D eigenvalue weighted by Gasteiger charge is 2.39. The first kappa shape index (κ1) is 19.1. The Labute approximate surface area is 155 Å². The summed E-state index contributed by atoms with van der Waals surface area (Å²) >= 11 is 0. The van der Waals surface area contributed by atoms with Crippen molar-refractivity contribution in [2.45, 2.75) is 44.1 Å². The molecule has 1 fully saturated rings. The van der Waals surface area contributed by atoms with Crippen LogP contribution in [-0.4, -0.2) is 30.3 Å². The first-order valence-electron chi connectivity index (χ1n) is 9.15. The standard InChI is InChI=1S/C20H27N2O3P/c1-22(2)17-10-12-19(13-11-17)26(24,25-18-8-4-3-5-9-18)20(23)16-7-6-14-21-15-16/h6-7,10-15,18,20,23H,3-5,8-9H2,1-2H3/t20-,26-/m1/s1. The van der Waals surface area contributed by atoms with Crippen LogP contribution >= 0.6 is 7.37 Å². The van der Waals surface area contributed by atoms with E-state index in [1.165, 1.54) is 6.42 Å². The molecule has 0 aliphatic heterocycles. The number of hydrogen-bond donors (Lipinski definition) is 1. The number of aromatic nitrogens is 1. The summed E-state index contributed by atoms with van der Waals surface area (Å²) in [5, 5.41) is 11.5.